The minimum Gasteiger partial charge on any atom is -0.378 e. The van der Waals surface area contributed by atoms with Gasteiger partial charge in [0.25, 0.3) is 0 Å². The van der Waals surface area contributed by atoms with Crippen molar-refractivity contribution in [2.75, 3.05) is 61.1 Å². The van der Waals surface area contributed by atoms with Gasteiger partial charge in [0.1, 0.15) is 0 Å². The van der Waals surface area contributed by atoms with Gasteiger partial charge in [-0.25, -0.2) is 0 Å². The molecule has 3 rings (SSSR count). The van der Waals surface area contributed by atoms with Crippen molar-refractivity contribution in [1.82, 2.24) is 15.0 Å². The van der Waals surface area contributed by atoms with Crippen molar-refractivity contribution in [3.63, 3.8) is 0 Å². The summed E-state index contributed by atoms with van der Waals surface area (Å²) in [6, 6.07) is 0. The number of piperidine rings is 1. The fourth-order valence-corrected chi connectivity index (χ4v) is 2.73. The van der Waals surface area contributed by atoms with Gasteiger partial charge in [0.05, 0.1) is 13.2 Å². The Balaban J connectivity index is 1.85. The average molecular weight is 292 g/mol. The van der Waals surface area contributed by atoms with Crippen molar-refractivity contribution in [1.29, 1.82) is 0 Å². The molecule has 0 amide bonds. The molecule has 1 aromatic heterocycles. The molecule has 21 heavy (non-hydrogen) atoms. The third-order valence-electron chi connectivity index (χ3n) is 3.88. The SMILES string of the molecule is CCNc1nc(N2CCCCC2)nc(N2CCOCC2)n1. The van der Waals surface area contributed by atoms with E-state index in [-0.39, 0.29) is 0 Å². The molecule has 2 fully saturated rings. The molecule has 1 N–H and O–H groups in total. The van der Waals surface area contributed by atoms with Crippen molar-refractivity contribution in [3.05, 3.63) is 0 Å². The molecule has 0 saturated carbocycles. The van der Waals surface area contributed by atoms with Crippen LogP contribution < -0.4 is 15.1 Å². The molecule has 0 radical (unpaired) electrons. The van der Waals surface area contributed by atoms with Gasteiger partial charge in [-0.1, -0.05) is 0 Å². The van der Waals surface area contributed by atoms with Crippen LogP contribution in [0, 0.1) is 0 Å². The van der Waals surface area contributed by atoms with E-state index in [2.05, 4.69) is 32.0 Å². The summed E-state index contributed by atoms with van der Waals surface area (Å²) in [5.41, 5.74) is 0. The lowest BCUT2D eigenvalue weighted by Crippen LogP contribution is -2.38. The highest BCUT2D eigenvalue weighted by atomic mass is 16.5. The summed E-state index contributed by atoms with van der Waals surface area (Å²) in [7, 11) is 0. The van der Waals surface area contributed by atoms with E-state index in [1.165, 1.54) is 19.3 Å². The van der Waals surface area contributed by atoms with Crippen molar-refractivity contribution < 1.29 is 4.74 Å². The highest BCUT2D eigenvalue weighted by Crippen LogP contribution is 2.20. The number of morpholine rings is 1. The van der Waals surface area contributed by atoms with E-state index in [9.17, 15) is 0 Å². The van der Waals surface area contributed by atoms with Gasteiger partial charge in [-0.3, -0.25) is 0 Å². The molecule has 3 heterocycles. The predicted molar refractivity (Wildman–Crippen MR) is 83.1 cm³/mol. The Morgan fingerprint density at radius 1 is 0.905 bits per heavy atom. The maximum absolute atomic E-state index is 5.41. The van der Waals surface area contributed by atoms with Crippen LogP contribution in [0.15, 0.2) is 0 Å². The summed E-state index contributed by atoms with van der Waals surface area (Å²) in [5.74, 6) is 2.25. The summed E-state index contributed by atoms with van der Waals surface area (Å²) < 4.78 is 5.41. The monoisotopic (exact) mass is 292 g/mol. The van der Waals surface area contributed by atoms with Crippen molar-refractivity contribution in [2.45, 2.75) is 26.2 Å². The normalized spacial score (nSPS) is 19.7. The minimum absolute atomic E-state index is 0.676. The number of ether oxygens (including phenoxy) is 1. The first-order valence-corrected chi connectivity index (χ1v) is 7.94. The van der Waals surface area contributed by atoms with E-state index < -0.39 is 0 Å². The van der Waals surface area contributed by atoms with Crippen LogP contribution in [0.4, 0.5) is 17.8 Å². The molecule has 0 bridgehead atoms. The van der Waals surface area contributed by atoms with Crippen molar-refractivity contribution >= 4 is 17.8 Å². The van der Waals surface area contributed by atoms with Gasteiger partial charge >= 0.3 is 0 Å². The van der Waals surface area contributed by atoms with Crippen LogP contribution in [-0.2, 0) is 4.74 Å². The lowest BCUT2D eigenvalue weighted by atomic mass is 10.1. The molecular formula is C14H24N6O. The van der Waals surface area contributed by atoms with Gasteiger partial charge in [-0.2, -0.15) is 15.0 Å². The Bertz CT molecular complexity index is 421. The van der Waals surface area contributed by atoms with Crippen LogP contribution in [0.1, 0.15) is 26.2 Å². The number of nitrogens with one attached hydrogen (secondary N) is 1. The fraction of sp³-hybridized carbons (Fsp3) is 0.786. The van der Waals surface area contributed by atoms with E-state index in [0.29, 0.717) is 5.95 Å². The van der Waals surface area contributed by atoms with Crippen LogP contribution in [-0.4, -0.2) is 60.9 Å². The molecule has 0 spiro atoms. The highest BCUT2D eigenvalue weighted by molar-refractivity contribution is 5.45. The van der Waals surface area contributed by atoms with Crippen LogP contribution in [0.25, 0.3) is 0 Å². The molecule has 0 atom stereocenters. The average Bonchev–Trinajstić information content (AvgIpc) is 2.56. The number of anilines is 3. The largest absolute Gasteiger partial charge is 0.378 e. The first-order valence-electron chi connectivity index (χ1n) is 7.94. The van der Waals surface area contributed by atoms with Crippen LogP contribution in [0.3, 0.4) is 0 Å². The molecule has 1 aromatic rings. The molecule has 0 unspecified atom stereocenters. The lowest BCUT2D eigenvalue weighted by Gasteiger charge is -2.30. The molecule has 7 heteroatoms. The van der Waals surface area contributed by atoms with E-state index in [4.69, 9.17) is 9.72 Å². The summed E-state index contributed by atoms with van der Waals surface area (Å²) >= 11 is 0. The molecule has 0 aliphatic carbocycles. The second kappa shape index (κ2) is 6.89. The third kappa shape index (κ3) is 3.53. The maximum atomic E-state index is 5.41. The second-order valence-corrected chi connectivity index (χ2v) is 5.44. The highest BCUT2D eigenvalue weighted by Gasteiger charge is 2.20. The number of nitrogens with zero attached hydrogens (tertiary/aromatic N) is 5. The van der Waals surface area contributed by atoms with E-state index in [0.717, 1.165) is 57.8 Å². The number of rotatable bonds is 4. The Hall–Kier alpha value is -1.63. The van der Waals surface area contributed by atoms with E-state index in [1.807, 2.05) is 0 Å². The van der Waals surface area contributed by atoms with Gasteiger partial charge in [-0.05, 0) is 26.2 Å². The van der Waals surface area contributed by atoms with Crippen LogP contribution in [0.5, 0.6) is 0 Å². The topological polar surface area (TPSA) is 66.4 Å². The molecule has 2 saturated heterocycles. The third-order valence-corrected chi connectivity index (χ3v) is 3.88. The first kappa shape index (κ1) is 14.3. The maximum Gasteiger partial charge on any atom is 0.232 e. The zero-order chi connectivity index (χ0) is 14.5. The quantitative estimate of drug-likeness (QED) is 0.892. The Kier molecular flexibility index (Phi) is 4.69. The Morgan fingerprint density at radius 2 is 1.52 bits per heavy atom. The van der Waals surface area contributed by atoms with Gasteiger partial charge in [0.15, 0.2) is 0 Å². The number of hydrogen-bond donors (Lipinski definition) is 1. The predicted octanol–water partition coefficient (Wildman–Crippen LogP) is 1.13. The molecule has 2 aliphatic heterocycles. The first-order chi connectivity index (χ1) is 10.4. The Morgan fingerprint density at radius 3 is 2.14 bits per heavy atom. The van der Waals surface area contributed by atoms with Gasteiger partial charge in [0.2, 0.25) is 17.8 Å². The van der Waals surface area contributed by atoms with Crippen molar-refractivity contribution in [2.24, 2.45) is 0 Å². The second-order valence-electron chi connectivity index (χ2n) is 5.44. The minimum atomic E-state index is 0.676. The van der Waals surface area contributed by atoms with Crippen molar-refractivity contribution in [3.8, 4) is 0 Å². The van der Waals surface area contributed by atoms with E-state index >= 15 is 0 Å². The smallest absolute Gasteiger partial charge is 0.232 e. The lowest BCUT2D eigenvalue weighted by molar-refractivity contribution is 0.122. The zero-order valence-electron chi connectivity index (χ0n) is 12.7. The summed E-state index contributed by atoms with van der Waals surface area (Å²) in [6.45, 7) is 8.10. The molecular weight excluding hydrogens is 268 g/mol. The van der Waals surface area contributed by atoms with E-state index in [1.54, 1.807) is 0 Å². The summed E-state index contributed by atoms with van der Waals surface area (Å²) in [6.07, 6.45) is 3.74. The zero-order valence-corrected chi connectivity index (χ0v) is 12.7. The van der Waals surface area contributed by atoms with Gasteiger partial charge < -0.3 is 19.9 Å². The number of aromatic nitrogens is 3. The fourth-order valence-electron chi connectivity index (χ4n) is 2.73. The number of hydrogen-bond acceptors (Lipinski definition) is 7. The van der Waals surface area contributed by atoms with Crippen LogP contribution >= 0.6 is 0 Å². The summed E-state index contributed by atoms with van der Waals surface area (Å²) in [5, 5.41) is 3.22. The standard InChI is InChI=1S/C14H24N6O/c1-2-15-12-16-13(19-6-4-3-5-7-19)18-14(17-12)20-8-10-21-11-9-20/h2-11H2,1H3,(H,15,16,17,18). The molecule has 0 aromatic carbocycles. The molecule has 2 aliphatic rings. The molecule has 7 nitrogen and oxygen atoms in total. The molecule has 116 valence electrons. The summed E-state index contributed by atoms with van der Waals surface area (Å²) in [4.78, 5) is 18.3. The van der Waals surface area contributed by atoms with Gasteiger partial charge in [0, 0.05) is 32.7 Å². The van der Waals surface area contributed by atoms with Gasteiger partial charge in [-0.15, -0.1) is 0 Å². The Labute approximate surface area is 125 Å². The van der Waals surface area contributed by atoms with Crippen LogP contribution in [0.2, 0.25) is 0 Å².